The molecule has 0 saturated heterocycles. The number of carboxylic acids is 2. The molecule has 0 spiro atoms. The van der Waals surface area contributed by atoms with Crippen LogP contribution in [0.3, 0.4) is 0 Å². The molecular formula is C5H11CaNO4. The monoisotopic (exact) mass is 189 g/mol. The van der Waals surface area contributed by atoms with Gasteiger partial charge in [0.05, 0.1) is 0 Å². The third-order valence-electron chi connectivity index (χ3n) is 0.986. The number of carboxylic acid groups (broad SMARTS) is 2. The van der Waals surface area contributed by atoms with Crippen molar-refractivity contribution in [2.45, 2.75) is 18.9 Å². The summed E-state index contributed by atoms with van der Waals surface area (Å²) in [5.74, 6) is -2.20. The van der Waals surface area contributed by atoms with Crippen LogP contribution in [0.1, 0.15) is 12.8 Å². The molecule has 0 radical (unpaired) electrons. The van der Waals surface area contributed by atoms with Crippen molar-refractivity contribution in [2.24, 2.45) is 5.73 Å². The van der Waals surface area contributed by atoms with Crippen molar-refractivity contribution in [3.63, 3.8) is 0 Å². The van der Waals surface area contributed by atoms with Crippen LogP contribution in [0.25, 0.3) is 0 Å². The van der Waals surface area contributed by atoms with Crippen molar-refractivity contribution >= 4 is 49.7 Å². The molecule has 0 aliphatic carbocycles. The van der Waals surface area contributed by atoms with Crippen LogP contribution in [0.2, 0.25) is 0 Å². The average Bonchev–Trinajstić information content (AvgIpc) is 1.82. The summed E-state index contributed by atoms with van der Waals surface area (Å²) in [6, 6.07) is -1.06. The molecule has 0 aromatic carbocycles. The van der Waals surface area contributed by atoms with Gasteiger partial charge in [0, 0.05) is 6.42 Å². The molecule has 0 rings (SSSR count). The van der Waals surface area contributed by atoms with E-state index in [4.69, 9.17) is 15.9 Å². The predicted octanol–water partition coefficient (Wildman–Crippen LogP) is -1.65. The van der Waals surface area contributed by atoms with Crippen molar-refractivity contribution in [1.82, 2.24) is 0 Å². The minimum atomic E-state index is -1.17. The summed E-state index contributed by atoms with van der Waals surface area (Å²) < 4.78 is 0. The molecule has 0 unspecified atom stereocenters. The van der Waals surface area contributed by atoms with Crippen LogP contribution in [0.5, 0.6) is 0 Å². The Hall–Kier alpha value is 0.160. The van der Waals surface area contributed by atoms with Crippen LogP contribution < -0.4 is 5.73 Å². The molecule has 0 aromatic heterocycles. The van der Waals surface area contributed by atoms with Gasteiger partial charge in [0.25, 0.3) is 0 Å². The molecule has 0 saturated carbocycles. The Morgan fingerprint density at radius 2 is 1.82 bits per heavy atom. The van der Waals surface area contributed by atoms with E-state index >= 15 is 0 Å². The molecule has 6 heteroatoms. The van der Waals surface area contributed by atoms with Crippen LogP contribution in [-0.4, -0.2) is 65.9 Å². The van der Waals surface area contributed by atoms with Crippen molar-refractivity contribution in [3.05, 3.63) is 0 Å². The third-order valence-corrected chi connectivity index (χ3v) is 0.986. The molecule has 0 aromatic rings. The Kier molecular flexibility index (Phi) is 8.54. The number of carbonyl (C=O) groups is 2. The number of rotatable bonds is 4. The van der Waals surface area contributed by atoms with Crippen LogP contribution in [0, 0.1) is 0 Å². The maximum absolute atomic E-state index is 9.99. The van der Waals surface area contributed by atoms with Crippen LogP contribution in [0.4, 0.5) is 0 Å². The van der Waals surface area contributed by atoms with E-state index in [1.165, 1.54) is 0 Å². The predicted molar refractivity (Wildman–Crippen MR) is 41.0 cm³/mol. The van der Waals surface area contributed by atoms with E-state index in [-0.39, 0.29) is 50.6 Å². The topological polar surface area (TPSA) is 101 Å². The summed E-state index contributed by atoms with van der Waals surface area (Å²) in [4.78, 5) is 19.9. The Morgan fingerprint density at radius 1 is 1.36 bits per heavy atom. The second-order valence-corrected chi connectivity index (χ2v) is 1.88. The molecule has 62 valence electrons. The summed E-state index contributed by atoms with van der Waals surface area (Å²) in [7, 11) is 0. The number of aliphatic carboxylic acids is 2. The van der Waals surface area contributed by atoms with Crippen molar-refractivity contribution in [1.29, 1.82) is 0 Å². The van der Waals surface area contributed by atoms with Gasteiger partial charge < -0.3 is 15.9 Å². The number of nitrogens with two attached hydrogens (primary N) is 1. The second kappa shape index (κ2) is 6.84. The molecule has 0 aliphatic rings. The van der Waals surface area contributed by atoms with Crippen molar-refractivity contribution in [2.75, 3.05) is 0 Å². The van der Waals surface area contributed by atoms with Gasteiger partial charge in [0.15, 0.2) is 0 Å². The molecular weight excluding hydrogens is 178 g/mol. The van der Waals surface area contributed by atoms with E-state index in [0.717, 1.165) is 0 Å². The molecule has 0 aliphatic heterocycles. The van der Waals surface area contributed by atoms with Gasteiger partial charge in [0.1, 0.15) is 6.04 Å². The molecule has 0 amide bonds. The summed E-state index contributed by atoms with van der Waals surface area (Å²) in [6.45, 7) is 0. The Bertz CT molecular complexity index is 149. The summed E-state index contributed by atoms with van der Waals surface area (Å²) in [6.07, 6.45) is -0.224. The van der Waals surface area contributed by atoms with Crippen LogP contribution >= 0.6 is 0 Å². The van der Waals surface area contributed by atoms with Gasteiger partial charge in [-0.2, -0.15) is 0 Å². The van der Waals surface area contributed by atoms with Crippen LogP contribution in [-0.2, 0) is 9.59 Å². The Morgan fingerprint density at radius 3 is 2.09 bits per heavy atom. The van der Waals surface area contributed by atoms with E-state index in [2.05, 4.69) is 0 Å². The first kappa shape index (κ1) is 13.7. The number of hydrogen-bond donors (Lipinski definition) is 3. The maximum atomic E-state index is 9.99. The first-order chi connectivity index (χ1) is 4.54. The standard InChI is InChI=1S/C5H9NO4.Ca.2H/c6-3(5(9)10)1-2-4(7)8;;;/h3H,1-2,6H2,(H,7,8)(H,9,10);;;/t3-;;;/m0.../s1. The first-order valence-electron chi connectivity index (χ1n) is 2.74. The zero-order valence-electron chi connectivity index (χ0n) is 5.28. The normalized spacial score (nSPS) is 11.4. The van der Waals surface area contributed by atoms with Gasteiger partial charge in [-0.25, -0.2) is 0 Å². The summed E-state index contributed by atoms with van der Waals surface area (Å²) >= 11 is 0. The molecule has 1 atom stereocenters. The third kappa shape index (κ3) is 8.06. The zero-order chi connectivity index (χ0) is 8.15. The molecule has 5 nitrogen and oxygen atoms in total. The minimum absolute atomic E-state index is 0. The van der Waals surface area contributed by atoms with E-state index in [1.807, 2.05) is 0 Å². The van der Waals surface area contributed by atoms with E-state index in [0.29, 0.717) is 0 Å². The molecule has 0 bridgehead atoms. The molecule has 4 N–H and O–H groups in total. The van der Waals surface area contributed by atoms with Gasteiger partial charge >= 0.3 is 49.7 Å². The fourth-order valence-corrected chi connectivity index (χ4v) is 0.402. The summed E-state index contributed by atoms with van der Waals surface area (Å²) in [5, 5.41) is 16.3. The molecule has 11 heavy (non-hydrogen) atoms. The molecule has 0 heterocycles. The quantitative estimate of drug-likeness (QED) is 0.460. The Balaban J connectivity index is 0. The van der Waals surface area contributed by atoms with E-state index in [9.17, 15) is 9.59 Å². The first-order valence-corrected chi connectivity index (χ1v) is 2.74. The Labute approximate surface area is 93.6 Å². The van der Waals surface area contributed by atoms with Crippen molar-refractivity contribution in [3.8, 4) is 0 Å². The molecule has 0 fully saturated rings. The van der Waals surface area contributed by atoms with Gasteiger partial charge in [-0.1, -0.05) is 0 Å². The fourth-order valence-electron chi connectivity index (χ4n) is 0.402. The summed E-state index contributed by atoms with van der Waals surface area (Å²) in [5.41, 5.74) is 5.00. The second-order valence-electron chi connectivity index (χ2n) is 1.88. The zero-order valence-corrected chi connectivity index (χ0v) is 5.28. The van der Waals surface area contributed by atoms with Gasteiger partial charge in [-0.05, 0) is 6.42 Å². The van der Waals surface area contributed by atoms with Gasteiger partial charge in [0.2, 0.25) is 0 Å². The van der Waals surface area contributed by atoms with Gasteiger partial charge in [-0.15, -0.1) is 0 Å². The van der Waals surface area contributed by atoms with Gasteiger partial charge in [-0.3, -0.25) is 9.59 Å². The van der Waals surface area contributed by atoms with E-state index < -0.39 is 18.0 Å². The van der Waals surface area contributed by atoms with E-state index in [1.54, 1.807) is 0 Å². The average molecular weight is 189 g/mol. The van der Waals surface area contributed by atoms with Crippen LogP contribution in [0.15, 0.2) is 0 Å². The SMILES string of the molecule is N[C@@H](CCC(=O)O)C(=O)O.[CaH2]. The van der Waals surface area contributed by atoms with Crippen molar-refractivity contribution < 1.29 is 19.8 Å². The fraction of sp³-hybridized carbons (Fsp3) is 0.600. The number of hydrogen-bond acceptors (Lipinski definition) is 3.